The zero-order valence-electron chi connectivity index (χ0n) is 15.1. The van der Waals surface area contributed by atoms with E-state index in [1.807, 2.05) is 16.0 Å². The van der Waals surface area contributed by atoms with Crippen LogP contribution in [0.5, 0.6) is 0 Å². The molecule has 1 aliphatic rings. The molecular formula is C18H28N4OS. The van der Waals surface area contributed by atoms with Gasteiger partial charge in [-0.15, -0.1) is 11.3 Å². The number of thiophene rings is 1. The van der Waals surface area contributed by atoms with Crippen LogP contribution < -0.4 is 10.2 Å². The van der Waals surface area contributed by atoms with Crippen molar-refractivity contribution >= 4 is 17.2 Å². The topological polar surface area (TPSA) is 42.3 Å². The van der Waals surface area contributed by atoms with Crippen molar-refractivity contribution in [3.8, 4) is 0 Å². The normalized spacial score (nSPS) is 15.5. The highest BCUT2D eigenvalue weighted by Crippen LogP contribution is 2.29. The lowest BCUT2D eigenvalue weighted by Crippen LogP contribution is -2.38. The van der Waals surface area contributed by atoms with Gasteiger partial charge < -0.3 is 15.0 Å². The number of morpholine rings is 1. The van der Waals surface area contributed by atoms with Crippen LogP contribution in [0, 0.1) is 6.92 Å². The third-order valence-electron chi connectivity index (χ3n) is 4.56. The summed E-state index contributed by atoms with van der Waals surface area (Å²) in [7, 11) is 2.06. The van der Waals surface area contributed by atoms with E-state index in [1.165, 1.54) is 27.5 Å². The number of anilines is 1. The molecule has 0 unspecified atom stereocenters. The lowest BCUT2D eigenvalue weighted by atomic mass is 10.0. The number of aryl methyl sites for hydroxylation is 2. The Balaban J connectivity index is 1.79. The van der Waals surface area contributed by atoms with Gasteiger partial charge in [-0.05, 0) is 29.9 Å². The zero-order chi connectivity index (χ0) is 17.1. The first-order chi connectivity index (χ1) is 11.6. The molecule has 1 aliphatic heterocycles. The van der Waals surface area contributed by atoms with E-state index in [-0.39, 0.29) is 0 Å². The van der Waals surface area contributed by atoms with Crippen LogP contribution in [0.3, 0.4) is 0 Å². The number of hydrogen-bond donors (Lipinski definition) is 1. The van der Waals surface area contributed by atoms with Crippen molar-refractivity contribution in [3.05, 3.63) is 33.1 Å². The fourth-order valence-electron chi connectivity index (χ4n) is 3.27. The Hall–Kier alpha value is -1.37. The first-order valence-electron chi connectivity index (χ1n) is 8.70. The van der Waals surface area contributed by atoms with Gasteiger partial charge in [0.1, 0.15) is 5.82 Å². The summed E-state index contributed by atoms with van der Waals surface area (Å²) in [4.78, 5) is 3.83. The summed E-state index contributed by atoms with van der Waals surface area (Å²) >= 11 is 1.82. The molecule has 6 heteroatoms. The third kappa shape index (κ3) is 3.66. The second kappa shape index (κ2) is 7.68. The Morgan fingerprint density at radius 1 is 1.29 bits per heavy atom. The molecule has 0 bridgehead atoms. The van der Waals surface area contributed by atoms with Crippen molar-refractivity contribution in [1.82, 2.24) is 15.1 Å². The van der Waals surface area contributed by atoms with Crippen LogP contribution >= 0.6 is 11.3 Å². The molecule has 2 aromatic heterocycles. The third-order valence-corrected chi connectivity index (χ3v) is 5.58. The average molecular weight is 349 g/mol. The summed E-state index contributed by atoms with van der Waals surface area (Å²) in [5.41, 5.74) is 3.91. The van der Waals surface area contributed by atoms with Crippen LogP contribution in [-0.4, -0.2) is 36.1 Å². The van der Waals surface area contributed by atoms with Crippen molar-refractivity contribution in [1.29, 1.82) is 0 Å². The van der Waals surface area contributed by atoms with E-state index in [9.17, 15) is 0 Å². The largest absolute Gasteiger partial charge is 0.378 e. The Morgan fingerprint density at radius 2 is 2.04 bits per heavy atom. The number of hydrogen-bond acceptors (Lipinski definition) is 5. The fraction of sp³-hybridized carbons (Fsp3) is 0.611. The maximum absolute atomic E-state index is 5.51. The maximum Gasteiger partial charge on any atom is 0.131 e. The van der Waals surface area contributed by atoms with E-state index in [0.717, 1.165) is 39.4 Å². The molecule has 3 heterocycles. The Labute approximate surface area is 148 Å². The molecule has 0 amide bonds. The molecule has 0 atom stereocenters. The van der Waals surface area contributed by atoms with E-state index in [2.05, 4.69) is 49.5 Å². The number of ether oxygens (including phenoxy) is 1. The second-order valence-electron chi connectivity index (χ2n) is 6.70. The van der Waals surface area contributed by atoms with E-state index < -0.39 is 0 Å². The maximum atomic E-state index is 5.51. The summed E-state index contributed by atoms with van der Waals surface area (Å²) in [6, 6.07) is 2.18. The van der Waals surface area contributed by atoms with Gasteiger partial charge in [-0.25, -0.2) is 0 Å². The lowest BCUT2D eigenvalue weighted by Gasteiger charge is -2.29. The minimum absolute atomic E-state index is 0.422. The first kappa shape index (κ1) is 17.5. The average Bonchev–Trinajstić information content (AvgIpc) is 3.12. The SMILES string of the molecule is Cc1ccsc1CNCc1c(C(C)C)nn(C)c1N1CCOCC1. The summed E-state index contributed by atoms with van der Waals surface area (Å²) in [6.07, 6.45) is 0. The molecule has 24 heavy (non-hydrogen) atoms. The second-order valence-corrected chi connectivity index (χ2v) is 7.70. The van der Waals surface area contributed by atoms with E-state index >= 15 is 0 Å². The van der Waals surface area contributed by atoms with Crippen molar-refractivity contribution in [3.63, 3.8) is 0 Å². The molecule has 2 aromatic rings. The lowest BCUT2D eigenvalue weighted by molar-refractivity contribution is 0.122. The highest BCUT2D eigenvalue weighted by atomic mass is 32.1. The molecular weight excluding hydrogens is 320 g/mol. The Morgan fingerprint density at radius 3 is 2.67 bits per heavy atom. The molecule has 3 rings (SSSR count). The zero-order valence-corrected chi connectivity index (χ0v) is 15.9. The van der Waals surface area contributed by atoms with Crippen molar-refractivity contribution in [2.45, 2.75) is 39.8 Å². The molecule has 0 saturated carbocycles. The predicted octanol–water partition coefficient (Wildman–Crippen LogP) is 3.04. The fourth-order valence-corrected chi connectivity index (χ4v) is 4.15. The molecule has 0 spiro atoms. The van der Waals surface area contributed by atoms with Gasteiger partial charge in [0.05, 0.1) is 18.9 Å². The quantitative estimate of drug-likeness (QED) is 0.871. The van der Waals surface area contributed by atoms with Crippen molar-refractivity contribution < 1.29 is 4.74 Å². The minimum Gasteiger partial charge on any atom is -0.378 e. The molecule has 132 valence electrons. The van der Waals surface area contributed by atoms with Gasteiger partial charge in [0, 0.05) is 43.7 Å². The molecule has 5 nitrogen and oxygen atoms in total. The molecule has 0 aromatic carbocycles. The van der Waals surface area contributed by atoms with Gasteiger partial charge >= 0.3 is 0 Å². The van der Waals surface area contributed by atoms with E-state index in [0.29, 0.717) is 5.92 Å². The van der Waals surface area contributed by atoms with Crippen molar-refractivity contribution in [2.24, 2.45) is 7.05 Å². The molecule has 1 saturated heterocycles. The standard InChI is InChI=1S/C18H28N4OS/c1-13(2)17-15(11-19-12-16-14(3)5-10-24-16)18(21(4)20-17)22-6-8-23-9-7-22/h5,10,13,19H,6-9,11-12H2,1-4H3. The van der Waals surface area contributed by atoms with Crippen LogP contribution in [0.25, 0.3) is 0 Å². The smallest absolute Gasteiger partial charge is 0.131 e. The van der Waals surface area contributed by atoms with Gasteiger partial charge in [0.25, 0.3) is 0 Å². The number of aromatic nitrogens is 2. The predicted molar refractivity (Wildman–Crippen MR) is 99.9 cm³/mol. The van der Waals surface area contributed by atoms with Gasteiger partial charge in [-0.2, -0.15) is 5.10 Å². The molecule has 0 aliphatic carbocycles. The molecule has 1 N–H and O–H groups in total. The first-order valence-corrected chi connectivity index (χ1v) is 9.58. The van der Waals surface area contributed by atoms with Crippen LogP contribution in [-0.2, 0) is 24.9 Å². The Kier molecular flexibility index (Phi) is 5.58. The summed E-state index contributed by atoms with van der Waals surface area (Å²) < 4.78 is 7.56. The number of nitrogens with zero attached hydrogens (tertiary/aromatic N) is 3. The number of nitrogens with one attached hydrogen (secondary N) is 1. The molecule has 1 fully saturated rings. The van der Waals surface area contributed by atoms with Crippen LogP contribution in [0.4, 0.5) is 5.82 Å². The van der Waals surface area contributed by atoms with Gasteiger partial charge in [0.2, 0.25) is 0 Å². The summed E-state index contributed by atoms with van der Waals surface area (Å²) in [5, 5.41) is 10.6. The molecule has 0 radical (unpaired) electrons. The van der Waals surface area contributed by atoms with Crippen LogP contribution in [0.1, 0.15) is 41.5 Å². The minimum atomic E-state index is 0.422. The van der Waals surface area contributed by atoms with E-state index in [4.69, 9.17) is 9.84 Å². The van der Waals surface area contributed by atoms with Gasteiger partial charge in [0.15, 0.2) is 0 Å². The monoisotopic (exact) mass is 348 g/mol. The highest BCUT2D eigenvalue weighted by molar-refractivity contribution is 7.10. The van der Waals surface area contributed by atoms with Crippen molar-refractivity contribution in [2.75, 3.05) is 31.2 Å². The summed E-state index contributed by atoms with van der Waals surface area (Å²) in [6.45, 7) is 11.9. The van der Waals surface area contributed by atoms with E-state index in [1.54, 1.807) is 0 Å². The summed E-state index contributed by atoms with van der Waals surface area (Å²) in [5.74, 6) is 1.67. The van der Waals surface area contributed by atoms with Crippen LogP contribution in [0.2, 0.25) is 0 Å². The van der Waals surface area contributed by atoms with Gasteiger partial charge in [-0.3, -0.25) is 4.68 Å². The highest BCUT2D eigenvalue weighted by Gasteiger charge is 2.24. The Bertz CT molecular complexity index is 671. The van der Waals surface area contributed by atoms with Gasteiger partial charge in [-0.1, -0.05) is 13.8 Å². The number of rotatable bonds is 6. The van der Waals surface area contributed by atoms with Crippen LogP contribution in [0.15, 0.2) is 11.4 Å².